The van der Waals surface area contributed by atoms with Crippen molar-refractivity contribution in [3.05, 3.63) is 65.4 Å². The highest BCUT2D eigenvalue weighted by Gasteiger charge is 2.16. The van der Waals surface area contributed by atoms with Gasteiger partial charge in [-0.1, -0.05) is 0 Å². The summed E-state index contributed by atoms with van der Waals surface area (Å²) in [6.07, 6.45) is 4.27. The molecule has 0 unspecified atom stereocenters. The minimum Gasteiger partial charge on any atom is -0.278 e. The number of nitro benzene ring substituents is 1. The lowest BCUT2D eigenvalue weighted by Crippen LogP contribution is -2.13. The van der Waals surface area contributed by atoms with Crippen LogP contribution in [0.5, 0.6) is 0 Å². The fourth-order valence-corrected chi connectivity index (χ4v) is 2.92. The molecule has 3 aromatic rings. The molecule has 3 rings (SSSR count). The molecule has 0 amide bonds. The first-order chi connectivity index (χ1) is 11.5. The second-order valence-electron chi connectivity index (χ2n) is 4.63. The minimum atomic E-state index is -3.87. The van der Waals surface area contributed by atoms with Gasteiger partial charge in [-0.3, -0.25) is 19.4 Å². The molecule has 0 fully saturated rings. The topological polar surface area (TPSA) is 133 Å². The Balaban J connectivity index is 1.80. The smallest absolute Gasteiger partial charge is 0.269 e. The van der Waals surface area contributed by atoms with Crippen LogP contribution in [0.3, 0.4) is 0 Å². The van der Waals surface area contributed by atoms with E-state index >= 15 is 0 Å². The van der Waals surface area contributed by atoms with E-state index in [0.717, 1.165) is 12.1 Å². The Morgan fingerprint density at radius 2 is 1.71 bits per heavy atom. The van der Waals surface area contributed by atoms with Gasteiger partial charge in [-0.25, -0.2) is 13.4 Å². The van der Waals surface area contributed by atoms with Crippen LogP contribution in [0, 0.1) is 10.1 Å². The van der Waals surface area contributed by atoms with Gasteiger partial charge < -0.3 is 0 Å². The number of benzene rings is 1. The zero-order chi connectivity index (χ0) is 17.2. The monoisotopic (exact) mass is 346 g/mol. The molecule has 0 aliphatic rings. The van der Waals surface area contributed by atoms with E-state index in [-0.39, 0.29) is 16.3 Å². The van der Waals surface area contributed by atoms with Crippen LogP contribution in [-0.2, 0) is 10.0 Å². The summed E-state index contributed by atoms with van der Waals surface area (Å²) in [4.78, 5) is 14.0. The third-order valence-corrected chi connectivity index (χ3v) is 4.44. The molecule has 11 heteroatoms. The summed E-state index contributed by atoms with van der Waals surface area (Å²) >= 11 is 0. The maximum atomic E-state index is 12.3. The molecular formula is C13H10N6O4S. The van der Waals surface area contributed by atoms with Crippen molar-refractivity contribution in [1.29, 1.82) is 0 Å². The van der Waals surface area contributed by atoms with Crippen molar-refractivity contribution in [3.63, 3.8) is 0 Å². The molecule has 0 saturated heterocycles. The van der Waals surface area contributed by atoms with Crippen LogP contribution in [0.2, 0.25) is 0 Å². The summed E-state index contributed by atoms with van der Waals surface area (Å²) in [5, 5.41) is 17.9. The summed E-state index contributed by atoms with van der Waals surface area (Å²) in [7, 11) is -3.87. The Bertz CT molecular complexity index is 953. The quantitative estimate of drug-likeness (QED) is 0.545. The highest BCUT2D eigenvalue weighted by Crippen LogP contribution is 2.19. The molecule has 0 aliphatic carbocycles. The molecule has 1 N–H and O–H groups in total. The Morgan fingerprint density at radius 3 is 2.25 bits per heavy atom. The predicted octanol–water partition coefficient (Wildman–Crippen LogP) is 1.37. The summed E-state index contributed by atoms with van der Waals surface area (Å²) in [5.74, 6) is 0.526. The second-order valence-corrected chi connectivity index (χ2v) is 6.31. The number of aromatic nitrogens is 4. The molecule has 2 aromatic heterocycles. The maximum absolute atomic E-state index is 12.3. The lowest BCUT2D eigenvalue weighted by atomic mass is 10.3. The van der Waals surface area contributed by atoms with Crippen molar-refractivity contribution in [3.8, 4) is 5.82 Å². The normalized spacial score (nSPS) is 11.2. The minimum absolute atomic E-state index is 0.0870. The number of anilines is 1. The van der Waals surface area contributed by atoms with Crippen LogP contribution < -0.4 is 4.72 Å². The van der Waals surface area contributed by atoms with Gasteiger partial charge in [0.1, 0.15) is 18.5 Å². The Labute approximate surface area is 136 Å². The molecule has 0 bridgehead atoms. The zero-order valence-corrected chi connectivity index (χ0v) is 12.8. The van der Waals surface area contributed by atoms with E-state index in [1.165, 1.54) is 37.1 Å². The van der Waals surface area contributed by atoms with Crippen LogP contribution in [0.1, 0.15) is 0 Å². The zero-order valence-electron chi connectivity index (χ0n) is 12.0. The van der Waals surface area contributed by atoms with Gasteiger partial charge in [0.25, 0.3) is 15.7 Å². The van der Waals surface area contributed by atoms with Gasteiger partial charge in [-0.15, -0.1) is 10.2 Å². The van der Waals surface area contributed by atoms with Crippen molar-refractivity contribution in [2.24, 2.45) is 0 Å². The first-order valence-electron chi connectivity index (χ1n) is 6.54. The van der Waals surface area contributed by atoms with E-state index in [4.69, 9.17) is 0 Å². The van der Waals surface area contributed by atoms with E-state index in [2.05, 4.69) is 19.9 Å². The van der Waals surface area contributed by atoms with E-state index < -0.39 is 14.9 Å². The maximum Gasteiger partial charge on any atom is 0.269 e. The van der Waals surface area contributed by atoms with Crippen molar-refractivity contribution >= 4 is 21.4 Å². The SMILES string of the molecule is O=[N+]([O-])c1ccc(S(=O)(=O)Nc2ccc(-n3cnnc3)nc2)cc1. The molecule has 0 saturated carbocycles. The molecule has 1 aromatic carbocycles. The standard InChI is InChI=1S/C13H10N6O4S/c20-19(21)11-2-4-12(5-3-11)24(22,23)17-10-1-6-13(14-7-10)18-8-15-16-9-18/h1-9,17H. The number of sulfonamides is 1. The van der Waals surface area contributed by atoms with Gasteiger partial charge in [-0.2, -0.15) is 0 Å². The van der Waals surface area contributed by atoms with Gasteiger partial charge in [0, 0.05) is 12.1 Å². The number of non-ortho nitro benzene ring substituents is 1. The summed E-state index contributed by atoms with van der Waals surface area (Å²) < 4.78 is 28.4. The van der Waals surface area contributed by atoms with Gasteiger partial charge >= 0.3 is 0 Å². The van der Waals surface area contributed by atoms with Crippen molar-refractivity contribution < 1.29 is 13.3 Å². The number of nitrogens with zero attached hydrogens (tertiary/aromatic N) is 5. The number of pyridine rings is 1. The largest absolute Gasteiger partial charge is 0.278 e. The summed E-state index contributed by atoms with van der Waals surface area (Å²) in [6, 6.07) is 7.71. The van der Waals surface area contributed by atoms with Crippen LogP contribution in [-0.4, -0.2) is 33.1 Å². The predicted molar refractivity (Wildman–Crippen MR) is 83.1 cm³/mol. The molecular weight excluding hydrogens is 336 g/mol. The van der Waals surface area contributed by atoms with E-state index in [9.17, 15) is 18.5 Å². The second kappa shape index (κ2) is 6.04. The number of hydrogen-bond donors (Lipinski definition) is 1. The summed E-state index contributed by atoms with van der Waals surface area (Å²) in [6.45, 7) is 0. The van der Waals surface area contributed by atoms with Crippen molar-refractivity contribution in [1.82, 2.24) is 19.7 Å². The number of nitro groups is 1. The fraction of sp³-hybridized carbons (Fsp3) is 0. The van der Waals surface area contributed by atoms with Gasteiger partial charge in [0.2, 0.25) is 0 Å². The van der Waals surface area contributed by atoms with E-state index in [1.807, 2.05) is 0 Å². The molecule has 0 atom stereocenters. The highest BCUT2D eigenvalue weighted by atomic mass is 32.2. The molecule has 2 heterocycles. The number of rotatable bonds is 5. The Morgan fingerprint density at radius 1 is 1.04 bits per heavy atom. The fourth-order valence-electron chi connectivity index (χ4n) is 1.88. The Hall–Kier alpha value is -3.34. The first-order valence-corrected chi connectivity index (χ1v) is 8.02. The molecule has 122 valence electrons. The molecule has 0 aliphatic heterocycles. The number of nitrogens with one attached hydrogen (secondary N) is 1. The van der Waals surface area contributed by atoms with E-state index in [1.54, 1.807) is 10.6 Å². The van der Waals surface area contributed by atoms with Crippen molar-refractivity contribution in [2.45, 2.75) is 4.90 Å². The van der Waals surface area contributed by atoms with Crippen molar-refractivity contribution in [2.75, 3.05) is 4.72 Å². The summed E-state index contributed by atoms with van der Waals surface area (Å²) in [5.41, 5.74) is 0.0686. The van der Waals surface area contributed by atoms with Gasteiger partial charge in [0.05, 0.1) is 21.7 Å². The van der Waals surface area contributed by atoms with Crippen LogP contribution in [0.15, 0.2) is 60.1 Å². The first kappa shape index (κ1) is 15.6. The van der Waals surface area contributed by atoms with Crippen LogP contribution in [0.25, 0.3) is 5.82 Å². The third-order valence-electron chi connectivity index (χ3n) is 3.04. The van der Waals surface area contributed by atoms with Gasteiger partial charge in [0.15, 0.2) is 0 Å². The molecule has 0 radical (unpaired) electrons. The van der Waals surface area contributed by atoms with Crippen LogP contribution in [0.4, 0.5) is 11.4 Å². The average Bonchev–Trinajstić information content (AvgIpc) is 3.10. The third kappa shape index (κ3) is 3.20. The van der Waals surface area contributed by atoms with Gasteiger partial charge in [-0.05, 0) is 24.3 Å². The van der Waals surface area contributed by atoms with E-state index in [0.29, 0.717) is 5.82 Å². The highest BCUT2D eigenvalue weighted by molar-refractivity contribution is 7.92. The molecule has 0 spiro atoms. The number of hydrogen-bond acceptors (Lipinski definition) is 7. The average molecular weight is 346 g/mol. The lowest BCUT2D eigenvalue weighted by molar-refractivity contribution is -0.384. The lowest BCUT2D eigenvalue weighted by Gasteiger charge is -2.08. The molecule has 24 heavy (non-hydrogen) atoms. The molecule has 10 nitrogen and oxygen atoms in total. The van der Waals surface area contributed by atoms with Crippen LogP contribution >= 0.6 is 0 Å². The Kier molecular flexibility index (Phi) is 3.92.